The molecule has 1 heterocycles. The second-order valence-corrected chi connectivity index (χ2v) is 11.1. The van der Waals surface area contributed by atoms with Crippen LogP contribution >= 0.6 is 0 Å². The van der Waals surface area contributed by atoms with Gasteiger partial charge in [0.2, 0.25) is 15.9 Å². The number of carbonyl (C=O) groups is 2. The lowest BCUT2D eigenvalue weighted by Crippen LogP contribution is -2.53. The summed E-state index contributed by atoms with van der Waals surface area (Å²) in [6.07, 6.45) is -3.86. The number of hydrogen-bond acceptors (Lipinski definition) is 7. The van der Waals surface area contributed by atoms with Crippen molar-refractivity contribution in [3.8, 4) is 17.2 Å². The summed E-state index contributed by atoms with van der Waals surface area (Å²) in [5.41, 5.74) is 2.31. The summed E-state index contributed by atoms with van der Waals surface area (Å²) < 4.78 is 63.4. The van der Waals surface area contributed by atoms with Crippen molar-refractivity contribution < 1.29 is 36.0 Å². The first-order valence-corrected chi connectivity index (χ1v) is 13.1. The molecule has 2 aromatic rings. The number of hydrogen-bond donors (Lipinski definition) is 1. The van der Waals surface area contributed by atoms with Gasteiger partial charge in [-0.15, -0.1) is 5.06 Å². The summed E-state index contributed by atoms with van der Waals surface area (Å²) in [6.45, 7) is -0.0271. The summed E-state index contributed by atoms with van der Waals surface area (Å²) in [5.74, 6) is -3.10. The van der Waals surface area contributed by atoms with Gasteiger partial charge in [0.25, 0.3) is 0 Å². The highest BCUT2D eigenvalue weighted by Crippen LogP contribution is 2.24. The van der Waals surface area contributed by atoms with Gasteiger partial charge in [0, 0.05) is 27.1 Å². The van der Waals surface area contributed by atoms with Crippen LogP contribution in [-0.2, 0) is 30.9 Å². The van der Waals surface area contributed by atoms with Gasteiger partial charge >= 0.3 is 12.1 Å². The Labute approximate surface area is 218 Å². The van der Waals surface area contributed by atoms with Crippen molar-refractivity contribution >= 4 is 21.9 Å². The van der Waals surface area contributed by atoms with Crippen LogP contribution in [0.5, 0.6) is 0 Å². The standard InChI is InChI=1S/C25H27F3N4O5S/c1-31(2)38(35,36)21-12-10-19(11-13-21)18-8-6-17(7-9-18)15-20(16-29)30-23(33)22-5-3-4-14-32(22)37-24(34)25(26,27)28/h6-13,20,22H,3-5,14-15H2,1-2H3,(H,30,33)/t20-,22-/m0/s1. The van der Waals surface area contributed by atoms with Crippen LogP contribution in [0.1, 0.15) is 24.8 Å². The molecule has 1 N–H and O–H groups in total. The molecule has 0 bridgehead atoms. The maximum atomic E-state index is 12.8. The molecule has 1 aliphatic heterocycles. The van der Waals surface area contributed by atoms with Crippen molar-refractivity contribution in [2.24, 2.45) is 0 Å². The minimum absolute atomic E-state index is 0.0271. The average molecular weight is 553 g/mol. The van der Waals surface area contributed by atoms with Gasteiger partial charge in [0.1, 0.15) is 12.1 Å². The third-order valence-electron chi connectivity index (χ3n) is 6.02. The monoisotopic (exact) mass is 552 g/mol. The first-order chi connectivity index (χ1) is 17.8. The van der Waals surface area contributed by atoms with Gasteiger partial charge in [-0.05, 0) is 48.1 Å². The fourth-order valence-corrected chi connectivity index (χ4v) is 4.83. The lowest BCUT2D eigenvalue weighted by molar-refractivity contribution is -0.248. The van der Waals surface area contributed by atoms with E-state index in [-0.39, 0.29) is 24.3 Å². The van der Waals surface area contributed by atoms with E-state index in [1.54, 1.807) is 36.4 Å². The molecule has 204 valence electrons. The number of piperidine rings is 1. The number of nitrogens with one attached hydrogen (secondary N) is 1. The van der Waals surface area contributed by atoms with Crippen LogP contribution in [0, 0.1) is 11.3 Å². The molecule has 1 amide bonds. The molecule has 13 heteroatoms. The Morgan fingerprint density at radius 1 is 1.11 bits per heavy atom. The van der Waals surface area contributed by atoms with E-state index in [1.165, 1.54) is 26.2 Å². The van der Waals surface area contributed by atoms with E-state index in [0.717, 1.165) is 26.1 Å². The van der Waals surface area contributed by atoms with E-state index in [0.29, 0.717) is 12.8 Å². The normalized spacial score (nSPS) is 17.4. The zero-order chi connectivity index (χ0) is 28.1. The third-order valence-corrected chi connectivity index (χ3v) is 7.85. The smallest absolute Gasteiger partial charge is 0.360 e. The van der Waals surface area contributed by atoms with E-state index < -0.39 is 40.2 Å². The zero-order valence-electron chi connectivity index (χ0n) is 20.7. The number of benzene rings is 2. The lowest BCUT2D eigenvalue weighted by Gasteiger charge is -2.33. The van der Waals surface area contributed by atoms with Gasteiger partial charge in [-0.25, -0.2) is 17.5 Å². The quantitative estimate of drug-likeness (QED) is 0.535. The van der Waals surface area contributed by atoms with Crippen molar-refractivity contribution in [1.29, 1.82) is 5.26 Å². The topological polar surface area (TPSA) is 120 Å². The molecule has 0 radical (unpaired) electrons. The molecule has 1 fully saturated rings. The molecule has 2 aromatic carbocycles. The highest BCUT2D eigenvalue weighted by Gasteiger charge is 2.44. The average Bonchev–Trinajstić information content (AvgIpc) is 2.88. The summed E-state index contributed by atoms with van der Waals surface area (Å²) in [5, 5.41) is 12.8. The fraction of sp³-hybridized carbons (Fsp3) is 0.400. The molecule has 1 aliphatic rings. The molecule has 0 unspecified atom stereocenters. The SMILES string of the molecule is CN(C)S(=O)(=O)c1ccc(-c2ccc(C[C@@H](C#N)NC(=O)[C@@H]3CCCCN3OC(=O)C(F)(F)F)cc2)cc1. The summed E-state index contributed by atoms with van der Waals surface area (Å²) in [4.78, 5) is 28.6. The Balaban J connectivity index is 1.64. The molecular weight excluding hydrogens is 525 g/mol. The maximum Gasteiger partial charge on any atom is 0.492 e. The zero-order valence-corrected chi connectivity index (χ0v) is 21.6. The van der Waals surface area contributed by atoms with Gasteiger partial charge < -0.3 is 10.2 Å². The molecule has 0 spiro atoms. The first-order valence-electron chi connectivity index (χ1n) is 11.7. The van der Waals surface area contributed by atoms with E-state index >= 15 is 0 Å². The number of rotatable bonds is 8. The van der Waals surface area contributed by atoms with Crippen molar-refractivity contribution in [3.63, 3.8) is 0 Å². The predicted molar refractivity (Wildman–Crippen MR) is 130 cm³/mol. The Bertz CT molecular complexity index is 1290. The number of carbonyl (C=O) groups excluding carboxylic acids is 2. The van der Waals surface area contributed by atoms with Crippen molar-refractivity contribution in [2.75, 3.05) is 20.6 Å². The summed E-state index contributed by atoms with van der Waals surface area (Å²) in [7, 11) is -0.640. The van der Waals surface area contributed by atoms with Crippen LogP contribution in [0.2, 0.25) is 0 Å². The van der Waals surface area contributed by atoms with E-state index in [1.807, 2.05) is 6.07 Å². The van der Waals surface area contributed by atoms with Crippen molar-refractivity contribution in [3.05, 3.63) is 54.1 Å². The molecule has 0 aromatic heterocycles. The highest BCUT2D eigenvalue weighted by molar-refractivity contribution is 7.89. The van der Waals surface area contributed by atoms with Gasteiger partial charge in [-0.3, -0.25) is 4.79 Å². The van der Waals surface area contributed by atoms with Gasteiger partial charge in [0.05, 0.1) is 11.0 Å². The molecule has 1 saturated heterocycles. The Morgan fingerprint density at radius 3 is 2.21 bits per heavy atom. The Kier molecular flexibility index (Phi) is 9.14. The summed E-state index contributed by atoms with van der Waals surface area (Å²) in [6, 6.07) is 13.4. The van der Waals surface area contributed by atoms with E-state index in [2.05, 4.69) is 10.2 Å². The van der Waals surface area contributed by atoms with Crippen LogP contribution in [0.15, 0.2) is 53.4 Å². The van der Waals surface area contributed by atoms with Crippen LogP contribution in [0.25, 0.3) is 11.1 Å². The number of nitrogens with zero attached hydrogens (tertiary/aromatic N) is 3. The highest BCUT2D eigenvalue weighted by atomic mass is 32.2. The van der Waals surface area contributed by atoms with Crippen LogP contribution in [0.3, 0.4) is 0 Å². The number of amides is 1. The lowest BCUT2D eigenvalue weighted by atomic mass is 10.00. The van der Waals surface area contributed by atoms with Gasteiger partial charge in [-0.1, -0.05) is 36.4 Å². The van der Waals surface area contributed by atoms with Gasteiger partial charge in [0.15, 0.2) is 0 Å². The van der Waals surface area contributed by atoms with Crippen LogP contribution in [-0.4, -0.2) is 68.6 Å². The second kappa shape index (κ2) is 11.9. The van der Waals surface area contributed by atoms with E-state index in [9.17, 15) is 36.4 Å². The summed E-state index contributed by atoms with van der Waals surface area (Å²) >= 11 is 0. The Morgan fingerprint density at radius 2 is 1.68 bits per heavy atom. The molecule has 0 saturated carbocycles. The number of nitriles is 1. The molecule has 38 heavy (non-hydrogen) atoms. The molecule has 3 rings (SSSR count). The third kappa shape index (κ3) is 7.09. The van der Waals surface area contributed by atoms with Crippen LogP contribution < -0.4 is 5.32 Å². The minimum Gasteiger partial charge on any atom is -0.360 e. The number of hydroxylamine groups is 2. The molecular formula is C25H27F3N4O5S. The first kappa shape index (κ1) is 29.1. The van der Waals surface area contributed by atoms with Crippen LogP contribution in [0.4, 0.5) is 13.2 Å². The maximum absolute atomic E-state index is 12.8. The predicted octanol–water partition coefficient (Wildman–Crippen LogP) is 3.03. The van der Waals surface area contributed by atoms with E-state index in [4.69, 9.17) is 0 Å². The second-order valence-electron chi connectivity index (χ2n) is 8.93. The number of sulfonamides is 1. The Hall–Kier alpha value is -3.47. The van der Waals surface area contributed by atoms with Crippen molar-refractivity contribution in [1.82, 2.24) is 14.7 Å². The van der Waals surface area contributed by atoms with Crippen molar-refractivity contribution in [2.45, 2.75) is 48.8 Å². The largest absolute Gasteiger partial charge is 0.492 e. The molecule has 2 atom stereocenters. The number of halogens is 3. The fourth-order valence-electron chi connectivity index (χ4n) is 3.93. The number of alkyl halides is 3. The molecule has 9 nitrogen and oxygen atoms in total. The molecule has 0 aliphatic carbocycles. The minimum atomic E-state index is -5.19. The van der Waals surface area contributed by atoms with Gasteiger partial charge in [-0.2, -0.15) is 18.4 Å².